The van der Waals surface area contributed by atoms with Crippen molar-refractivity contribution < 1.29 is 38.3 Å². The first-order valence-corrected chi connectivity index (χ1v) is 13.8. The van der Waals surface area contributed by atoms with Crippen molar-refractivity contribution in [1.29, 1.82) is 0 Å². The largest absolute Gasteiger partial charge is 0.497 e. The van der Waals surface area contributed by atoms with Crippen molar-refractivity contribution in [2.75, 3.05) is 13.7 Å². The smallest absolute Gasteiger partial charge is 0.338 e. The third-order valence-corrected chi connectivity index (χ3v) is 6.86. The minimum Gasteiger partial charge on any atom is -0.497 e. The van der Waals surface area contributed by atoms with Crippen molar-refractivity contribution in [3.8, 4) is 11.5 Å². The van der Waals surface area contributed by atoms with Gasteiger partial charge in [-0.2, -0.15) is 0 Å². The molecule has 5 atom stereocenters. The molecule has 0 aliphatic carbocycles. The molecule has 0 aromatic heterocycles. The van der Waals surface area contributed by atoms with Crippen molar-refractivity contribution in [1.82, 2.24) is 0 Å². The molecule has 0 bridgehead atoms. The van der Waals surface area contributed by atoms with Gasteiger partial charge in [-0.1, -0.05) is 78.9 Å². The monoisotopic (exact) mass is 570 g/mol. The van der Waals surface area contributed by atoms with Gasteiger partial charge in [0, 0.05) is 0 Å². The zero-order chi connectivity index (χ0) is 29.1. The normalized spacial score (nSPS) is 21.8. The van der Waals surface area contributed by atoms with Gasteiger partial charge in [0.05, 0.1) is 32.5 Å². The van der Waals surface area contributed by atoms with Crippen LogP contribution in [0.25, 0.3) is 0 Å². The fourth-order valence-corrected chi connectivity index (χ4v) is 4.63. The molecule has 0 amide bonds. The second kappa shape index (κ2) is 14.6. The summed E-state index contributed by atoms with van der Waals surface area (Å²) in [6.45, 7) is 0.567. The van der Waals surface area contributed by atoms with Crippen molar-refractivity contribution in [3.05, 3.63) is 132 Å². The number of carbonyl (C=O) groups is 1. The summed E-state index contributed by atoms with van der Waals surface area (Å²) in [6, 6.07) is 34.8. The highest BCUT2D eigenvalue weighted by molar-refractivity contribution is 5.89. The van der Waals surface area contributed by atoms with Gasteiger partial charge in [0.2, 0.25) is 6.29 Å². The molecule has 1 aliphatic heterocycles. The van der Waals surface area contributed by atoms with Gasteiger partial charge < -0.3 is 33.5 Å². The van der Waals surface area contributed by atoms with E-state index in [-0.39, 0.29) is 13.2 Å². The fraction of sp³-hybridized carbons (Fsp3) is 0.265. The highest BCUT2D eigenvalue weighted by Crippen LogP contribution is 2.31. The molecule has 1 saturated heterocycles. The summed E-state index contributed by atoms with van der Waals surface area (Å²) in [7, 11) is 1.58. The van der Waals surface area contributed by atoms with E-state index in [4.69, 9.17) is 28.4 Å². The number of aliphatic hydroxyl groups excluding tert-OH is 1. The van der Waals surface area contributed by atoms with Gasteiger partial charge in [-0.15, -0.1) is 0 Å². The molecule has 8 nitrogen and oxygen atoms in total. The Labute approximate surface area is 245 Å². The van der Waals surface area contributed by atoms with E-state index >= 15 is 0 Å². The number of hydrogen-bond donors (Lipinski definition) is 1. The predicted molar refractivity (Wildman–Crippen MR) is 155 cm³/mol. The Morgan fingerprint density at radius 1 is 0.738 bits per heavy atom. The molecule has 0 saturated carbocycles. The number of hydrogen-bond acceptors (Lipinski definition) is 8. The Kier molecular flexibility index (Phi) is 10.2. The highest BCUT2D eigenvalue weighted by atomic mass is 16.7. The molecule has 5 rings (SSSR count). The molecule has 0 spiro atoms. The molecule has 4 aromatic carbocycles. The van der Waals surface area contributed by atoms with Crippen LogP contribution in [0.5, 0.6) is 11.5 Å². The Hall–Kier alpha value is -4.21. The highest BCUT2D eigenvalue weighted by Gasteiger charge is 2.50. The molecule has 1 aliphatic rings. The van der Waals surface area contributed by atoms with E-state index in [1.165, 1.54) is 0 Å². The number of rotatable bonds is 12. The van der Waals surface area contributed by atoms with Gasteiger partial charge in [-0.3, -0.25) is 0 Å². The van der Waals surface area contributed by atoms with E-state index in [0.29, 0.717) is 23.7 Å². The van der Waals surface area contributed by atoms with Gasteiger partial charge in [-0.05, 0) is 47.5 Å². The van der Waals surface area contributed by atoms with Crippen LogP contribution in [0, 0.1) is 0 Å². The van der Waals surface area contributed by atoms with Crippen LogP contribution in [0.15, 0.2) is 115 Å². The Balaban J connectivity index is 1.40. The lowest BCUT2D eigenvalue weighted by atomic mass is 9.98. The summed E-state index contributed by atoms with van der Waals surface area (Å²) >= 11 is 0. The van der Waals surface area contributed by atoms with E-state index in [1.807, 2.05) is 66.7 Å². The second-order valence-corrected chi connectivity index (χ2v) is 9.82. The van der Waals surface area contributed by atoms with Gasteiger partial charge in [0.25, 0.3) is 0 Å². The average molecular weight is 571 g/mol. The lowest BCUT2D eigenvalue weighted by Gasteiger charge is -2.43. The first kappa shape index (κ1) is 29.3. The van der Waals surface area contributed by atoms with Crippen LogP contribution in [-0.2, 0) is 32.2 Å². The number of benzene rings is 4. The fourth-order valence-electron chi connectivity index (χ4n) is 4.63. The molecule has 8 heteroatoms. The molecule has 4 aromatic rings. The van der Waals surface area contributed by atoms with Crippen LogP contribution in [0.1, 0.15) is 21.5 Å². The van der Waals surface area contributed by atoms with Crippen LogP contribution in [-0.4, -0.2) is 55.5 Å². The summed E-state index contributed by atoms with van der Waals surface area (Å²) < 4.78 is 35.9. The van der Waals surface area contributed by atoms with E-state index in [1.54, 1.807) is 55.6 Å². The third kappa shape index (κ3) is 7.74. The van der Waals surface area contributed by atoms with Gasteiger partial charge in [0.1, 0.15) is 29.8 Å². The summed E-state index contributed by atoms with van der Waals surface area (Å²) in [6.07, 6.45) is -5.22. The molecule has 1 heterocycles. The van der Waals surface area contributed by atoms with Crippen LogP contribution < -0.4 is 9.47 Å². The summed E-state index contributed by atoms with van der Waals surface area (Å²) in [5.74, 6) is 0.529. The Morgan fingerprint density at radius 3 is 1.93 bits per heavy atom. The van der Waals surface area contributed by atoms with Gasteiger partial charge in [0.15, 0.2) is 6.10 Å². The van der Waals surface area contributed by atoms with Crippen LogP contribution in [0.3, 0.4) is 0 Å². The standard InChI is InChI=1S/C34H34O8/c1-37-27-17-19-28(20-18-27)40-34-32(42-33(36)26-15-9-4-10-16-26)31(39-22-25-13-7-3-8-14-25)30(35)29(41-34)23-38-21-24-11-5-2-6-12-24/h2-20,29-32,34-35H,21-23H2,1H3/t29-,30-,31+,32+,34+/m1/s1. The SMILES string of the molecule is COc1ccc(O[C@H]2O[C@H](COCc3ccccc3)[C@@H](O)[C@H](OCc3ccccc3)[C@@H]2OC(=O)c2ccccc2)cc1. The van der Waals surface area contributed by atoms with Gasteiger partial charge >= 0.3 is 5.97 Å². The number of esters is 1. The summed E-state index contributed by atoms with van der Waals surface area (Å²) in [5, 5.41) is 11.5. The van der Waals surface area contributed by atoms with Crippen molar-refractivity contribution in [2.24, 2.45) is 0 Å². The van der Waals surface area contributed by atoms with Crippen LogP contribution in [0.4, 0.5) is 0 Å². The topological polar surface area (TPSA) is 92.7 Å². The molecule has 1 fully saturated rings. The average Bonchev–Trinajstić information content (AvgIpc) is 3.04. The Bertz CT molecular complexity index is 1370. The van der Waals surface area contributed by atoms with Crippen molar-refractivity contribution >= 4 is 5.97 Å². The minimum atomic E-state index is -1.19. The number of aliphatic hydroxyl groups is 1. The first-order chi connectivity index (χ1) is 20.6. The van der Waals surface area contributed by atoms with E-state index in [0.717, 1.165) is 11.1 Å². The van der Waals surface area contributed by atoms with Crippen LogP contribution in [0.2, 0.25) is 0 Å². The molecular formula is C34H34O8. The second-order valence-electron chi connectivity index (χ2n) is 9.82. The molecule has 218 valence electrons. The van der Waals surface area contributed by atoms with Crippen molar-refractivity contribution in [3.63, 3.8) is 0 Å². The van der Waals surface area contributed by atoms with E-state index < -0.39 is 36.7 Å². The Morgan fingerprint density at radius 2 is 1.31 bits per heavy atom. The van der Waals surface area contributed by atoms with E-state index in [9.17, 15) is 9.90 Å². The lowest BCUT2D eigenvalue weighted by Crippen LogP contribution is -2.62. The molecule has 0 radical (unpaired) electrons. The number of methoxy groups -OCH3 is 1. The number of ether oxygens (including phenoxy) is 6. The molecule has 1 N–H and O–H groups in total. The lowest BCUT2D eigenvalue weighted by molar-refractivity contribution is -0.289. The van der Waals surface area contributed by atoms with E-state index in [2.05, 4.69) is 0 Å². The maximum absolute atomic E-state index is 13.2. The zero-order valence-corrected chi connectivity index (χ0v) is 23.3. The van der Waals surface area contributed by atoms with Crippen LogP contribution >= 0.6 is 0 Å². The predicted octanol–water partition coefficient (Wildman–Crippen LogP) is 5.19. The maximum Gasteiger partial charge on any atom is 0.338 e. The molecular weight excluding hydrogens is 536 g/mol. The number of carbonyl (C=O) groups excluding carboxylic acids is 1. The van der Waals surface area contributed by atoms with Crippen molar-refractivity contribution in [2.45, 2.75) is 43.9 Å². The zero-order valence-electron chi connectivity index (χ0n) is 23.3. The maximum atomic E-state index is 13.2. The summed E-state index contributed by atoms with van der Waals surface area (Å²) in [5.41, 5.74) is 2.24. The molecule has 0 unspecified atom stereocenters. The third-order valence-electron chi connectivity index (χ3n) is 6.86. The molecule has 42 heavy (non-hydrogen) atoms. The summed E-state index contributed by atoms with van der Waals surface area (Å²) in [4.78, 5) is 13.2. The quantitative estimate of drug-likeness (QED) is 0.233. The first-order valence-electron chi connectivity index (χ1n) is 13.8. The minimum absolute atomic E-state index is 0.0586. The van der Waals surface area contributed by atoms with Gasteiger partial charge in [-0.25, -0.2) is 4.79 Å².